The van der Waals surface area contributed by atoms with E-state index in [2.05, 4.69) is 58.3 Å². The summed E-state index contributed by atoms with van der Waals surface area (Å²) in [5.41, 5.74) is 2.53. The largest absolute Gasteiger partial charge is 0.304 e. The number of pyridine rings is 1. The van der Waals surface area contributed by atoms with Crippen LogP contribution in [0.4, 0.5) is 0 Å². The van der Waals surface area contributed by atoms with Crippen LogP contribution in [-0.2, 0) is 0 Å². The van der Waals surface area contributed by atoms with E-state index in [1.54, 1.807) is 0 Å². The van der Waals surface area contributed by atoms with Crippen LogP contribution < -0.4 is 5.32 Å². The Balaban J connectivity index is 2.08. The van der Waals surface area contributed by atoms with Crippen molar-refractivity contribution in [2.75, 3.05) is 0 Å². The van der Waals surface area contributed by atoms with Crippen LogP contribution in [0.15, 0.2) is 53.3 Å². The number of aromatic nitrogens is 1. The molecule has 2 aromatic rings. The summed E-state index contributed by atoms with van der Waals surface area (Å²) in [7, 11) is 0. The topological polar surface area (TPSA) is 24.9 Å². The molecule has 1 unspecified atom stereocenters. The number of halogens is 1. The molecule has 0 bridgehead atoms. The Morgan fingerprint density at radius 3 is 2.33 bits per heavy atom. The van der Waals surface area contributed by atoms with Crippen LogP contribution in [0.3, 0.4) is 0 Å². The SMILES string of the molecule is CC(N[C@H](C)c1ccncc1)c1ccccc1Br. The van der Waals surface area contributed by atoms with Gasteiger partial charge in [-0.2, -0.15) is 0 Å². The second-order valence-electron chi connectivity index (χ2n) is 4.41. The van der Waals surface area contributed by atoms with Crippen LogP contribution >= 0.6 is 15.9 Å². The van der Waals surface area contributed by atoms with Crippen LogP contribution in [0, 0.1) is 0 Å². The maximum atomic E-state index is 4.04. The summed E-state index contributed by atoms with van der Waals surface area (Å²) in [6, 6.07) is 13.0. The van der Waals surface area contributed by atoms with Gasteiger partial charge in [0.25, 0.3) is 0 Å². The molecule has 1 N–H and O–H groups in total. The summed E-state index contributed by atoms with van der Waals surface area (Å²) in [5.74, 6) is 0. The second-order valence-corrected chi connectivity index (χ2v) is 5.27. The van der Waals surface area contributed by atoms with Crippen LogP contribution in [-0.4, -0.2) is 4.98 Å². The van der Waals surface area contributed by atoms with Gasteiger partial charge in [-0.3, -0.25) is 4.98 Å². The molecule has 18 heavy (non-hydrogen) atoms. The normalized spacial score (nSPS) is 14.2. The number of hydrogen-bond donors (Lipinski definition) is 1. The monoisotopic (exact) mass is 304 g/mol. The first kappa shape index (κ1) is 13.2. The number of nitrogens with zero attached hydrogens (tertiary/aromatic N) is 1. The van der Waals surface area contributed by atoms with E-state index in [4.69, 9.17) is 0 Å². The zero-order valence-corrected chi connectivity index (χ0v) is 12.2. The van der Waals surface area contributed by atoms with Crippen molar-refractivity contribution in [3.05, 3.63) is 64.4 Å². The minimum atomic E-state index is 0.295. The third-order valence-corrected chi connectivity index (χ3v) is 3.80. The minimum Gasteiger partial charge on any atom is -0.304 e. The van der Waals surface area contributed by atoms with Gasteiger partial charge in [0.15, 0.2) is 0 Å². The van der Waals surface area contributed by atoms with Crippen molar-refractivity contribution >= 4 is 15.9 Å². The Bertz CT molecular complexity index is 499. The molecule has 0 fully saturated rings. The molecule has 0 aliphatic heterocycles. The predicted molar refractivity (Wildman–Crippen MR) is 78.3 cm³/mol. The highest BCUT2D eigenvalue weighted by atomic mass is 79.9. The van der Waals surface area contributed by atoms with E-state index in [9.17, 15) is 0 Å². The molecule has 0 spiro atoms. The number of rotatable bonds is 4. The average molecular weight is 305 g/mol. The summed E-state index contributed by atoms with van der Waals surface area (Å²) < 4.78 is 1.15. The van der Waals surface area contributed by atoms with Crippen molar-refractivity contribution in [3.8, 4) is 0 Å². The summed E-state index contributed by atoms with van der Waals surface area (Å²) in [4.78, 5) is 4.04. The van der Waals surface area contributed by atoms with Crippen molar-refractivity contribution in [1.29, 1.82) is 0 Å². The van der Waals surface area contributed by atoms with E-state index in [1.807, 2.05) is 30.6 Å². The standard InChI is InChI=1S/C15H17BrN2/c1-11(13-7-9-17-10-8-13)18-12(2)14-5-3-4-6-15(14)16/h3-12,18H,1-2H3/t11-,12?/m1/s1. The molecule has 0 saturated carbocycles. The minimum absolute atomic E-state index is 0.295. The third-order valence-electron chi connectivity index (χ3n) is 3.08. The van der Waals surface area contributed by atoms with Crippen LogP contribution in [0.1, 0.15) is 37.1 Å². The molecule has 0 radical (unpaired) electrons. The Labute approximate surface area is 117 Å². The number of nitrogens with one attached hydrogen (secondary N) is 1. The lowest BCUT2D eigenvalue weighted by atomic mass is 10.1. The van der Waals surface area contributed by atoms with Crippen LogP contribution in [0.5, 0.6) is 0 Å². The predicted octanol–water partition coefficient (Wildman–Crippen LogP) is 4.26. The van der Waals surface area contributed by atoms with Gasteiger partial charge in [0.05, 0.1) is 0 Å². The van der Waals surface area contributed by atoms with Crippen molar-refractivity contribution in [1.82, 2.24) is 10.3 Å². The summed E-state index contributed by atoms with van der Waals surface area (Å²) in [5, 5.41) is 3.60. The summed E-state index contributed by atoms with van der Waals surface area (Å²) >= 11 is 3.59. The fourth-order valence-corrected chi connectivity index (χ4v) is 2.67. The van der Waals surface area contributed by atoms with Gasteiger partial charge in [-0.1, -0.05) is 34.1 Å². The molecule has 94 valence electrons. The molecule has 1 heterocycles. The Hall–Kier alpha value is -1.19. The highest BCUT2D eigenvalue weighted by Crippen LogP contribution is 2.25. The average Bonchev–Trinajstić information content (AvgIpc) is 2.40. The molecule has 0 aliphatic carbocycles. The van der Waals surface area contributed by atoms with Crippen molar-refractivity contribution < 1.29 is 0 Å². The van der Waals surface area contributed by atoms with Gasteiger partial charge in [-0.15, -0.1) is 0 Å². The highest BCUT2D eigenvalue weighted by molar-refractivity contribution is 9.10. The Kier molecular flexibility index (Phi) is 4.50. The van der Waals surface area contributed by atoms with Crippen molar-refractivity contribution in [2.45, 2.75) is 25.9 Å². The molecule has 0 saturated heterocycles. The quantitative estimate of drug-likeness (QED) is 0.913. The molecule has 2 nitrogen and oxygen atoms in total. The summed E-state index contributed by atoms with van der Waals surface area (Å²) in [6.07, 6.45) is 3.66. The van der Waals surface area contributed by atoms with Gasteiger partial charge in [-0.25, -0.2) is 0 Å². The van der Waals surface area contributed by atoms with Gasteiger partial charge in [0.2, 0.25) is 0 Å². The first-order chi connectivity index (χ1) is 8.68. The van der Waals surface area contributed by atoms with Crippen molar-refractivity contribution in [3.63, 3.8) is 0 Å². The van der Waals surface area contributed by atoms with Gasteiger partial charge in [0, 0.05) is 29.0 Å². The van der Waals surface area contributed by atoms with E-state index in [0.717, 1.165) is 4.47 Å². The lowest BCUT2D eigenvalue weighted by Gasteiger charge is -2.21. The van der Waals surface area contributed by atoms with Crippen LogP contribution in [0.2, 0.25) is 0 Å². The molecule has 2 rings (SSSR count). The van der Waals surface area contributed by atoms with E-state index in [-0.39, 0.29) is 0 Å². The van der Waals surface area contributed by atoms with E-state index >= 15 is 0 Å². The zero-order chi connectivity index (χ0) is 13.0. The molecule has 1 aromatic carbocycles. The summed E-state index contributed by atoms with van der Waals surface area (Å²) in [6.45, 7) is 4.35. The zero-order valence-electron chi connectivity index (χ0n) is 10.6. The lowest BCUT2D eigenvalue weighted by molar-refractivity contribution is 0.493. The Morgan fingerprint density at radius 1 is 1.00 bits per heavy atom. The second kappa shape index (κ2) is 6.12. The van der Waals surface area contributed by atoms with Crippen LogP contribution in [0.25, 0.3) is 0 Å². The van der Waals surface area contributed by atoms with E-state index in [1.165, 1.54) is 11.1 Å². The van der Waals surface area contributed by atoms with Gasteiger partial charge in [0.1, 0.15) is 0 Å². The first-order valence-corrected chi connectivity index (χ1v) is 6.88. The first-order valence-electron chi connectivity index (χ1n) is 6.09. The number of benzene rings is 1. The highest BCUT2D eigenvalue weighted by Gasteiger charge is 2.12. The smallest absolute Gasteiger partial charge is 0.0308 e. The number of hydrogen-bond acceptors (Lipinski definition) is 2. The van der Waals surface area contributed by atoms with E-state index < -0.39 is 0 Å². The molecule has 2 atom stereocenters. The fourth-order valence-electron chi connectivity index (χ4n) is 2.04. The fraction of sp³-hybridized carbons (Fsp3) is 0.267. The molecule has 0 amide bonds. The molecular formula is C15H17BrN2. The van der Waals surface area contributed by atoms with Gasteiger partial charge in [-0.05, 0) is 43.2 Å². The van der Waals surface area contributed by atoms with Gasteiger partial charge < -0.3 is 5.32 Å². The molecule has 3 heteroatoms. The van der Waals surface area contributed by atoms with Gasteiger partial charge >= 0.3 is 0 Å². The van der Waals surface area contributed by atoms with Crippen molar-refractivity contribution in [2.24, 2.45) is 0 Å². The third kappa shape index (κ3) is 3.18. The molecular weight excluding hydrogens is 288 g/mol. The lowest BCUT2D eigenvalue weighted by Crippen LogP contribution is -2.22. The maximum absolute atomic E-state index is 4.04. The van der Waals surface area contributed by atoms with E-state index in [0.29, 0.717) is 12.1 Å². The molecule has 1 aromatic heterocycles. The maximum Gasteiger partial charge on any atom is 0.0308 e. The molecule has 0 aliphatic rings. The Morgan fingerprint density at radius 2 is 1.67 bits per heavy atom.